The number of likely N-dealkylation sites (tertiary alicyclic amines) is 1. The highest BCUT2D eigenvalue weighted by Gasteiger charge is 2.26. The highest BCUT2D eigenvalue weighted by molar-refractivity contribution is 6.43. The first-order valence-electron chi connectivity index (χ1n) is 9.11. The monoisotopic (exact) mass is 426 g/mol. The third-order valence-electron chi connectivity index (χ3n) is 4.76. The van der Waals surface area contributed by atoms with Gasteiger partial charge in [-0.15, -0.1) is 0 Å². The molecule has 0 aromatic heterocycles. The van der Waals surface area contributed by atoms with Crippen LogP contribution in [-0.4, -0.2) is 55.2 Å². The van der Waals surface area contributed by atoms with E-state index in [-0.39, 0.29) is 17.0 Å². The van der Waals surface area contributed by atoms with Crippen LogP contribution < -0.4 is 5.32 Å². The molecule has 0 bridgehead atoms. The van der Waals surface area contributed by atoms with Gasteiger partial charge in [0.15, 0.2) is 0 Å². The van der Waals surface area contributed by atoms with E-state index in [9.17, 15) is 9.18 Å². The molecule has 5 nitrogen and oxygen atoms in total. The Labute approximate surface area is 175 Å². The Morgan fingerprint density at radius 1 is 1.39 bits per heavy atom. The molecule has 1 heterocycles. The minimum absolute atomic E-state index is 0.115. The van der Waals surface area contributed by atoms with E-state index in [2.05, 4.69) is 26.9 Å². The molecule has 1 fully saturated rings. The van der Waals surface area contributed by atoms with Crippen LogP contribution in [0, 0.1) is 0 Å². The third-order valence-corrected chi connectivity index (χ3v) is 5.58. The molecule has 2 rings (SSSR count). The SMILES string of the molecule is C=NC(C)=N/C=C(\C)C(CNC(=O)c1cccc(Cl)c1Cl)N1CCC(F)CC1. The van der Waals surface area contributed by atoms with Crippen molar-refractivity contribution in [1.29, 1.82) is 0 Å². The van der Waals surface area contributed by atoms with Crippen LogP contribution >= 0.6 is 23.2 Å². The maximum absolute atomic E-state index is 13.6. The fourth-order valence-corrected chi connectivity index (χ4v) is 3.43. The smallest absolute Gasteiger partial charge is 0.252 e. The molecule has 28 heavy (non-hydrogen) atoms. The molecular weight excluding hydrogens is 402 g/mol. The molecule has 1 N–H and O–H groups in total. The van der Waals surface area contributed by atoms with Crippen molar-refractivity contribution in [3.8, 4) is 0 Å². The molecule has 1 atom stereocenters. The number of carbonyl (C=O) groups excluding carboxylic acids is 1. The van der Waals surface area contributed by atoms with Crippen molar-refractivity contribution < 1.29 is 9.18 Å². The lowest BCUT2D eigenvalue weighted by Crippen LogP contribution is -2.48. The summed E-state index contributed by atoms with van der Waals surface area (Å²) in [6, 6.07) is 4.82. The Hall–Kier alpha value is -1.76. The number of benzene rings is 1. The first kappa shape index (κ1) is 22.5. The van der Waals surface area contributed by atoms with Crippen LogP contribution in [0.2, 0.25) is 10.0 Å². The number of amides is 1. The van der Waals surface area contributed by atoms with Gasteiger partial charge in [0.05, 0.1) is 15.6 Å². The summed E-state index contributed by atoms with van der Waals surface area (Å²) in [7, 11) is 0. The number of nitrogens with one attached hydrogen (secondary N) is 1. The van der Waals surface area contributed by atoms with Crippen molar-refractivity contribution in [3.63, 3.8) is 0 Å². The van der Waals surface area contributed by atoms with Gasteiger partial charge in [-0.2, -0.15) is 0 Å². The highest BCUT2D eigenvalue weighted by Crippen LogP contribution is 2.25. The Morgan fingerprint density at radius 2 is 2.07 bits per heavy atom. The van der Waals surface area contributed by atoms with Crippen molar-refractivity contribution in [2.24, 2.45) is 9.98 Å². The maximum Gasteiger partial charge on any atom is 0.252 e. The van der Waals surface area contributed by atoms with Crippen LogP contribution in [0.1, 0.15) is 37.0 Å². The first-order chi connectivity index (χ1) is 13.3. The van der Waals surface area contributed by atoms with Gasteiger partial charge in [0.2, 0.25) is 0 Å². The summed E-state index contributed by atoms with van der Waals surface area (Å²) in [6.07, 6.45) is 1.91. The topological polar surface area (TPSA) is 57.1 Å². The lowest BCUT2D eigenvalue weighted by atomic mass is 10.0. The van der Waals surface area contributed by atoms with E-state index in [1.807, 2.05) is 6.92 Å². The molecule has 152 valence electrons. The number of hydrogen-bond donors (Lipinski definition) is 1. The number of halogens is 3. The standard InChI is InChI=1S/C20H25Cl2FN4O/c1-13(11-25-14(2)24-3)18(27-9-7-15(23)8-10-27)12-26-20(28)16-5-4-6-17(21)19(16)22/h4-6,11,15,18H,3,7-10,12H2,1-2H3,(H,26,28)/b13-11+,25-14?. The van der Waals surface area contributed by atoms with E-state index in [4.69, 9.17) is 23.2 Å². The molecule has 1 aromatic carbocycles. The van der Waals surface area contributed by atoms with E-state index < -0.39 is 6.17 Å². The summed E-state index contributed by atoms with van der Waals surface area (Å²) in [4.78, 5) is 22.8. The maximum atomic E-state index is 13.6. The zero-order valence-electron chi connectivity index (χ0n) is 16.1. The lowest BCUT2D eigenvalue weighted by molar-refractivity contribution is 0.0914. The quantitative estimate of drug-likeness (QED) is 0.535. The van der Waals surface area contributed by atoms with Crippen LogP contribution in [0.3, 0.4) is 0 Å². The molecular formula is C20H25Cl2FN4O. The Morgan fingerprint density at radius 3 is 2.71 bits per heavy atom. The average Bonchev–Trinajstić information content (AvgIpc) is 2.69. The summed E-state index contributed by atoms with van der Waals surface area (Å²) >= 11 is 12.1. The molecule has 1 aliphatic heterocycles. The predicted octanol–water partition coefficient (Wildman–Crippen LogP) is 4.55. The number of piperidine rings is 1. The highest BCUT2D eigenvalue weighted by atomic mass is 35.5. The summed E-state index contributed by atoms with van der Waals surface area (Å²) in [5.74, 6) is 0.244. The largest absolute Gasteiger partial charge is 0.350 e. The number of amidine groups is 1. The zero-order valence-corrected chi connectivity index (χ0v) is 17.6. The minimum Gasteiger partial charge on any atom is -0.350 e. The van der Waals surface area contributed by atoms with E-state index >= 15 is 0 Å². The Bertz CT molecular complexity index is 773. The van der Waals surface area contributed by atoms with E-state index in [1.54, 1.807) is 31.3 Å². The molecule has 0 spiro atoms. The fraction of sp³-hybridized carbons (Fsp3) is 0.450. The van der Waals surface area contributed by atoms with Crippen LogP contribution in [0.15, 0.2) is 40.0 Å². The number of rotatable bonds is 6. The van der Waals surface area contributed by atoms with E-state index in [0.717, 1.165) is 5.57 Å². The predicted molar refractivity (Wildman–Crippen MR) is 115 cm³/mol. The third kappa shape index (κ3) is 6.12. The lowest BCUT2D eigenvalue weighted by Gasteiger charge is -2.36. The van der Waals surface area contributed by atoms with Gasteiger partial charge in [-0.1, -0.05) is 29.3 Å². The number of aliphatic imine (C=N–C) groups is 2. The Balaban J connectivity index is 2.15. The second-order valence-corrected chi connectivity index (χ2v) is 7.53. The number of nitrogens with zero attached hydrogens (tertiary/aromatic N) is 3. The van der Waals surface area contributed by atoms with Crippen LogP contribution in [0.5, 0.6) is 0 Å². The fourth-order valence-electron chi connectivity index (χ4n) is 3.04. The van der Waals surface area contributed by atoms with Crippen molar-refractivity contribution in [3.05, 3.63) is 45.6 Å². The molecule has 0 aliphatic carbocycles. The molecule has 1 saturated heterocycles. The summed E-state index contributed by atoms with van der Waals surface area (Å²) in [5, 5.41) is 3.47. The van der Waals surface area contributed by atoms with Gasteiger partial charge in [-0.25, -0.2) is 14.4 Å². The summed E-state index contributed by atoms with van der Waals surface area (Å²) in [6.45, 7) is 8.72. The molecule has 1 aromatic rings. The molecule has 1 aliphatic rings. The van der Waals surface area contributed by atoms with Gasteiger partial charge >= 0.3 is 0 Å². The molecule has 1 unspecified atom stereocenters. The Kier molecular flexibility index (Phi) is 8.60. The summed E-state index contributed by atoms with van der Waals surface area (Å²) in [5.41, 5.74) is 1.26. The van der Waals surface area contributed by atoms with Crippen molar-refractivity contribution in [2.45, 2.75) is 38.9 Å². The number of carbonyl (C=O) groups is 1. The molecule has 0 radical (unpaired) electrons. The van der Waals surface area contributed by atoms with E-state index in [0.29, 0.717) is 48.9 Å². The van der Waals surface area contributed by atoms with Crippen LogP contribution in [0.4, 0.5) is 4.39 Å². The summed E-state index contributed by atoms with van der Waals surface area (Å²) < 4.78 is 13.6. The first-order valence-corrected chi connectivity index (χ1v) is 9.87. The zero-order chi connectivity index (χ0) is 20.7. The van der Waals surface area contributed by atoms with Crippen molar-refractivity contribution in [2.75, 3.05) is 19.6 Å². The van der Waals surface area contributed by atoms with Crippen LogP contribution in [0.25, 0.3) is 0 Å². The van der Waals surface area contributed by atoms with Gasteiger partial charge in [-0.05, 0) is 51.1 Å². The van der Waals surface area contributed by atoms with Gasteiger partial charge in [0, 0.05) is 31.9 Å². The van der Waals surface area contributed by atoms with Gasteiger partial charge in [-0.3, -0.25) is 9.69 Å². The minimum atomic E-state index is -0.772. The molecule has 0 saturated carbocycles. The van der Waals surface area contributed by atoms with Crippen LogP contribution in [-0.2, 0) is 0 Å². The molecule has 8 heteroatoms. The van der Waals surface area contributed by atoms with Gasteiger partial charge < -0.3 is 5.32 Å². The normalized spacial score (nSPS) is 18.0. The second kappa shape index (κ2) is 10.7. The van der Waals surface area contributed by atoms with Crippen molar-refractivity contribution in [1.82, 2.24) is 10.2 Å². The van der Waals surface area contributed by atoms with Crippen molar-refractivity contribution >= 4 is 41.7 Å². The number of hydrogen-bond acceptors (Lipinski definition) is 3. The second-order valence-electron chi connectivity index (χ2n) is 6.75. The average molecular weight is 427 g/mol. The van der Waals surface area contributed by atoms with E-state index in [1.165, 1.54) is 0 Å². The van der Waals surface area contributed by atoms with Gasteiger partial charge in [0.1, 0.15) is 12.0 Å². The number of alkyl halides is 1. The van der Waals surface area contributed by atoms with Gasteiger partial charge in [0.25, 0.3) is 5.91 Å². The molecule has 1 amide bonds.